The van der Waals surface area contributed by atoms with E-state index in [1.807, 2.05) is 44.1 Å². The molecule has 0 atom stereocenters. The molecule has 1 aromatic heterocycles. The molecule has 0 radical (unpaired) electrons. The molecule has 1 heterocycles. The zero-order chi connectivity index (χ0) is 13.8. The van der Waals surface area contributed by atoms with Gasteiger partial charge in [0.25, 0.3) is 5.91 Å². The van der Waals surface area contributed by atoms with Crippen LogP contribution in [0.1, 0.15) is 16.1 Å². The lowest BCUT2D eigenvalue weighted by molar-refractivity contribution is 0.102. The maximum Gasteiger partial charge on any atom is 0.274 e. The zero-order valence-corrected chi connectivity index (χ0v) is 11.2. The van der Waals surface area contributed by atoms with Crippen molar-refractivity contribution < 1.29 is 4.79 Å². The van der Waals surface area contributed by atoms with Crippen molar-refractivity contribution in [1.29, 1.82) is 0 Å². The Hall–Kier alpha value is -2.43. The highest BCUT2D eigenvalue weighted by atomic mass is 16.1. The fourth-order valence-corrected chi connectivity index (χ4v) is 1.79. The average molecular weight is 256 g/mol. The summed E-state index contributed by atoms with van der Waals surface area (Å²) in [6, 6.07) is 7.37. The molecule has 1 N–H and O–H groups in total. The van der Waals surface area contributed by atoms with Crippen LogP contribution in [0.2, 0.25) is 0 Å². The van der Waals surface area contributed by atoms with Crippen LogP contribution in [0.4, 0.5) is 11.4 Å². The largest absolute Gasteiger partial charge is 0.377 e. The number of nitrogens with one attached hydrogen (secondary N) is 1. The van der Waals surface area contributed by atoms with Crippen molar-refractivity contribution in [1.82, 2.24) is 9.97 Å². The molecule has 0 saturated heterocycles. The molecule has 0 aliphatic carbocycles. The molecule has 1 aromatic carbocycles. The second kappa shape index (κ2) is 5.48. The SMILES string of the molecule is Cc1ccc(NC(=O)c2ccncn2)cc1N(C)C. The van der Waals surface area contributed by atoms with Gasteiger partial charge >= 0.3 is 0 Å². The summed E-state index contributed by atoms with van der Waals surface area (Å²) in [4.78, 5) is 21.7. The van der Waals surface area contributed by atoms with Crippen molar-refractivity contribution in [3.05, 3.63) is 48.0 Å². The zero-order valence-electron chi connectivity index (χ0n) is 11.2. The van der Waals surface area contributed by atoms with Gasteiger partial charge in [-0.25, -0.2) is 9.97 Å². The molecule has 0 aliphatic rings. The Balaban J connectivity index is 2.20. The summed E-state index contributed by atoms with van der Waals surface area (Å²) in [5, 5.41) is 2.82. The minimum Gasteiger partial charge on any atom is -0.377 e. The summed E-state index contributed by atoms with van der Waals surface area (Å²) in [6.45, 7) is 2.03. The molecular weight excluding hydrogens is 240 g/mol. The molecule has 0 spiro atoms. The molecule has 0 bridgehead atoms. The maximum atomic E-state index is 12.0. The molecular formula is C14H16N4O. The van der Waals surface area contributed by atoms with Crippen LogP contribution in [0.5, 0.6) is 0 Å². The van der Waals surface area contributed by atoms with Gasteiger partial charge in [0.15, 0.2) is 0 Å². The summed E-state index contributed by atoms with van der Waals surface area (Å²) in [7, 11) is 3.94. The molecule has 2 rings (SSSR count). The lowest BCUT2D eigenvalue weighted by Crippen LogP contribution is -2.15. The molecule has 0 saturated carbocycles. The third-order valence-corrected chi connectivity index (χ3v) is 2.76. The van der Waals surface area contributed by atoms with Gasteiger partial charge in [-0.15, -0.1) is 0 Å². The molecule has 0 fully saturated rings. The highest BCUT2D eigenvalue weighted by molar-refractivity contribution is 6.03. The normalized spacial score (nSPS) is 10.1. The molecule has 0 aliphatic heterocycles. The van der Waals surface area contributed by atoms with E-state index < -0.39 is 0 Å². The summed E-state index contributed by atoms with van der Waals surface area (Å²) in [6.07, 6.45) is 2.90. The van der Waals surface area contributed by atoms with Crippen molar-refractivity contribution in [2.45, 2.75) is 6.92 Å². The molecule has 0 unspecified atom stereocenters. The van der Waals surface area contributed by atoms with Crippen molar-refractivity contribution in [3.63, 3.8) is 0 Å². The summed E-state index contributed by atoms with van der Waals surface area (Å²) in [5.74, 6) is -0.240. The monoisotopic (exact) mass is 256 g/mol. The van der Waals surface area contributed by atoms with Crippen molar-refractivity contribution in [3.8, 4) is 0 Å². The average Bonchev–Trinajstić information content (AvgIpc) is 2.41. The van der Waals surface area contributed by atoms with Gasteiger partial charge < -0.3 is 10.2 Å². The second-order valence-corrected chi connectivity index (χ2v) is 4.44. The Bertz CT molecular complexity index is 581. The summed E-state index contributed by atoms with van der Waals surface area (Å²) in [5.41, 5.74) is 3.32. The standard InChI is InChI=1S/C14H16N4O/c1-10-4-5-11(8-13(10)18(2)3)17-14(19)12-6-7-15-9-16-12/h4-9H,1-3H3,(H,17,19). The first-order valence-corrected chi connectivity index (χ1v) is 5.93. The van der Waals surface area contributed by atoms with Gasteiger partial charge in [0.05, 0.1) is 0 Å². The van der Waals surface area contributed by atoms with E-state index in [-0.39, 0.29) is 5.91 Å². The molecule has 2 aromatic rings. The topological polar surface area (TPSA) is 58.1 Å². The van der Waals surface area contributed by atoms with Gasteiger partial charge in [-0.3, -0.25) is 4.79 Å². The van der Waals surface area contributed by atoms with Crippen molar-refractivity contribution in [2.75, 3.05) is 24.3 Å². The minimum absolute atomic E-state index is 0.240. The van der Waals surface area contributed by atoms with E-state index >= 15 is 0 Å². The second-order valence-electron chi connectivity index (χ2n) is 4.44. The minimum atomic E-state index is -0.240. The summed E-state index contributed by atoms with van der Waals surface area (Å²) < 4.78 is 0. The fourth-order valence-electron chi connectivity index (χ4n) is 1.79. The maximum absolute atomic E-state index is 12.0. The van der Waals surface area contributed by atoms with Crippen LogP contribution >= 0.6 is 0 Å². The molecule has 5 heteroatoms. The van der Waals surface area contributed by atoms with E-state index in [0.717, 1.165) is 16.9 Å². The van der Waals surface area contributed by atoms with E-state index in [4.69, 9.17) is 0 Å². The molecule has 1 amide bonds. The number of amides is 1. The van der Waals surface area contributed by atoms with Crippen LogP contribution in [-0.4, -0.2) is 30.0 Å². The van der Waals surface area contributed by atoms with E-state index in [1.54, 1.807) is 12.3 Å². The predicted octanol–water partition coefficient (Wildman–Crippen LogP) is 2.10. The lowest BCUT2D eigenvalue weighted by Gasteiger charge is -2.17. The van der Waals surface area contributed by atoms with Crippen LogP contribution in [0, 0.1) is 6.92 Å². The van der Waals surface area contributed by atoms with E-state index in [2.05, 4.69) is 15.3 Å². The van der Waals surface area contributed by atoms with Crippen LogP contribution in [0.3, 0.4) is 0 Å². The third kappa shape index (κ3) is 3.07. The van der Waals surface area contributed by atoms with Gasteiger partial charge in [0.2, 0.25) is 0 Å². The summed E-state index contributed by atoms with van der Waals surface area (Å²) >= 11 is 0. The molecule has 98 valence electrons. The third-order valence-electron chi connectivity index (χ3n) is 2.76. The van der Waals surface area contributed by atoms with Crippen LogP contribution in [0.25, 0.3) is 0 Å². The van der Waals surface area contributed by atoms with E-state index in [0.29, 0.717) is 5.69 Å². The Morgan fingerprint density at radius 3 is 2.68 bits per heavy atom. The number of hydrogen-bond acceptors (Lipinski definition) is 4. The number of benzene rings is 1. The van der Waals surface area contributed by atoms with Gasteiger partial charge in [-0.05, 0) is 30.7 Å². The van der Waals surface area contributed by atoms with Crippen LogP contribution in [0.15, 0.2) is 36.8 Å². The number of hydrogen-bond donors (Lipinski definition) is 1. The number of anilines is 2. The highest BCUT2D eigenvalue weighted by Crippen LogP contribution is 2.22. The van der Waals surface area contributed by atoms with Gasteiger partial charge in [-0.2, -0.15) is 0 Å². The predicted molar refractivity (Wildman–Crippen MR) is 75.5 cm³/mol. The fraction of sp³-hybridized carbons (Fsp3) is 0.214. The van der Waals surface area contributed by atoms with Crippen molar-refractivity contribution in [2.24, 2.45) is 0 Å². The number of carbonyl (C=O) groups is 1. The Labute approximate surface area is 112 Å². The Morgan fingerprint density at radius 2 is 2.05 bits per heavy atom. The highest BCUT2D eigenvalue weighted by Gasteiger charge is 2.08. The lowest BCUT2D eigenvalue weighted by atomic mass is 10.1. The molecule has 5 nitrogen and oxygen atoms in total. The Kier molecular flexibility index (Phi) is 3.75. The number of rotatable bonds is 3. The molecule has 19 heavy (non-hydrogen) atoms. The number of nitrogens with zero attached hydrogens (tertiary/aromatic N) is 3. The van der Waals surface area contributed by atoms with Crippen LogP contribution < -0.4 is 10.2 Å². The smallest absolute Gasteiger partial charge is 0.274 e. The first kappa shape index (κ1) is 13.0. The van der Waals surface area contributed by atoms with Crippen molar-refractivity contribution >= 4 is 17.3 Å². The quantitative estimate of drug-likeness (QED) is 0.913. The van der Waals surface area contributed by atoms with E-state index in [1.165, 1.54) is 6.33 Å². The number of aromatic nitrogens is 2. The number of aryl methyl sites for hydroxylation is 1. The van der Waals surface area contributed by atoms with Crippen LogP contribution in [-0.2, 0) is 0 Å². The van der Waals surface area contributed by atoms with Gasteiger partial charge in [0, 0.05) is 31.7 Å². The first-order chi connectivity index (χ1) is 9.08. The van der Waals surface area contributed by atoms with E-state index in [9.17, 15) is 4.79 Å². The number of carbonyl (C=O) groups excluding carboxylic acids is 1. The Morgan fingerprint density at radius 1 is 1.26 bits per heavy atom. The van der Waals surface area contributed by atoms with Gasteiger partial charge in [-0.1, -0.05) is 6.07 Å². The van der Waals surface area contributed by atoms with Gasteiger partial charge in [0.1, 0.15) is 12.0 Å². The first-order valence-electron chi connectivity index (χ1n) is 5.93.